The maximum absolute atomic E-state index is 11.5. The van der Waals surface area contributed by atoms with Gasteiger partial charge in [-0.15, -0.1) is 0 Å². The van der Waals surface area contributed by atoms with Crippen LogP contribution in [-0.2, 0) is 7.05 Å². The number of carbonyl (C=O) groups is 1. The van der Waals surface area contributed by atoms with E-state index in [0.717, 1.165) is 42.8 Å². The van der Waals surface area contributed by atoms with E-state index in [1.807, 2.05) is 19.2 Å². The molecule has 2 N–H and O–H groups in total. The van der Waals surface area contributed by atoms with Gasteiger partial charge in [0.05, 0.1) is 11.1 Å². The van der Waals surface area contributed by atoms with Crippen LogP contribution in [0.25, 0.3) is 11.0 Å². The van der Waals surface area contributed by atoms with Gasteiger partial charge in [0.1, 0.15) is 11.3 Å². The molecule has 2 heterocycles. The van der Waals surface area contributed by atoms with Crippen molar-refractivity contribution < 1.29 is 4.79 Å². The number of likely N-dealkylation sites (tertiary alicyclic amines) is 1. The minimum Gasteiger partial charge on any atom is -0.366 e. The lowest BCUT2D eigenvalue weighted by Crippen LogP contribution is -2.30. The monoisotopic (exact) mass is 272 g/mol. The molecule has 0 unspecified atom stereocenters. The van der Waals surface area contributed by atoms with Crippen LogP contribution >= 0.6 is 0 Å². The third-order valence-corrected chi connectivity index (χ3v) is 4.30. The SMILES string of the molecule is CN1CCC(c2nc3c(C(N)=O)cccc3n2C)CC1. The number of carbonyl (C=O) groups excluding carboxylic acids is 1. The van der Waals surface area contributed by atoms with Gasteiger partial charge in [-0.3, -0.25) is 4.79 Å². The Morgan fingerprint density at radius 2 is 2.00 bits per heavy atom. The summed E-state index contributed by atoms with van der Waals surface area (Å²) in [5.41, 5.74) is 7.67. The number of aryl methyl sites for hydroxylation is 1. The summed E-state index contributed by atoms with van der Waals surface area (Å²) in [6, 6.07) is 5.60. The number of nitrogens with zero attached hydrogens (tertiary/aromatic N) is 3. The van der Waals surface area contributed by atoms with E-state index in [1.54, 1.807) is 6.07 Å². The molecule has 0 saturated carbocycles. The highest BCUT2D eigenvalue weighted by molar-refractivity contribution is 6.04. The minimum absolute atomic E-state index is 0.413. The van der Waals surface area contributed by atoms with Crippen LogP contribution in [0.1, 0.15) is 34.9 Å². The number of hydrogen-bond donors (Lipinski definition) is 1. The number of imidazole rings is 1. The highest BCUT2D eigenvalue weighted by Gasteiger charge is 2.24. The first-order valence-electron chi connectivity index (χ1n) is 7.01. The Morgan fingerprint density at radius 3 is 2.65 bits per heavy atom. The number of piperidine rings is 1. The van der Waals surface area contributed by atoms with E-state index in [2.05, 4.69) is 16.5 Å². The second-order valence-corrected chi connectivity index (χ2v) is 5.64. The molecule has 0 spiro atoms. The molecule has 1 amide bonds. The van der Waals surface area contributed by atoms with E-state index in [1.165, 1.54) is 0 Å². The van der Waals surface area contributed by atoms with Crippen molar-refractivity contribution in [2.45, 2.75) is 18.8 Å². The fraction of sp³-hybridized carbons (Fsp3) is 0.467. The molecule has 0 atom stereocenters. The molecule has 5 heteroatoms. The Hall–Kier alpha value is -1.88. The molecule has 1 aliphatic rings. The molecule has 1 aromatic carbocycles. The third-order valence-electron chi connectivity index (χ3n) is 4.30. The molecule has 1 fully saturated rings. The molecule has 5 nitrogen and oxygen atoms in total. The van der Waals surface area contributed by atoms with E-state index in [9.17, 15) is 4.79 Å². The van der Waals surface area contributed by atoms with Gasteiger partial charge in [-0.25, -0.2) is 4.98 Å². The summed E-state index contributed by atoms with van der Waals surface area (Å²) in [7, 11) is 4.17. The van der Waals surface area contributed by atoms with Crippen LogP contribution in [0.4, 0.5) is 0 Å². The van der Waals surface area contributed by atoms with Crippen molar-refractivity contribution in [3.63, 3.8) is 0 Å². The lowest BCUT2D eigenvalue weighted by atomic mass is 9.96. The topological polar surface area (TPSA) is 64.2 Å². The standard InChI is InChI=1S/C15H20N4O/c1-18-8-6-10(7-9-18)15-17-13-11(14(16)20)4-3-5-12(13)19(15)2/h3-5,10H,6-9H2,1-2H3,(H2,16,20). The molecular formula is C15H20N4O. The summed E-state index contributed by atoms with van der Waals surface area (Å²) in [6.45, 7) is 2.19. The number of amides is 1. The van der Waals surface area contributed by atoms with Crippen LogP contribution in [0.15, 0.2) is 18.2 Å². The predicted molar refractivity (Wildman–Crippen MR) is 78.7 cm³/mol. The van der Waals surface area contributed by atoms with Crippen LogP contribution < -0.4 is 5.73 Å². The summed E-state index contributed by atoms with van der Waals surface area (Å²) < 4.78 is 2.11. The molecule has 0 radical (unpaired) electrons. The average molecular weight is 272 g/mol. The first-order valence-corrected chi connectivity index (χ1v) is 7.01. The van der Waals surface area contributed by atoms with Crippen molar-refractivity contribution in [1.29, 1.82) is 0 Å². The largest absolute Gasteiger partial charge is 0.366 e. The molecule has 0 bridgehead atoms. The Balaban J connectivity index is 2.06. The molecule has 1 aliphatic heterocycles. The maximum atomic E-state index is 11.5. The lowest BCUT2D eigenvalue weighted by Gasteiger charge is -2.28. The number of aromatic nitrogens is 2. The molecule has 20 heavy (non-hydrogen) atoms. The van der Waals surface area contributed by atoms with Gasteiger partial charge in [-0.1, -0.05) is 6.07 Å². The normalized spacial score (nSPS) is 17.7. The van der Waals surface area contributed by atoms with Gasteiger partial charge in [-0.2, -0.15) is 0 Å². The molecule has 3 rings (SSSR count). The summed E-state index contributed by atoms with van der Waals surface area (Å²) in [4.78, 5) is 18.6. The Bertz CT molecular complexity index is 653. The summed E-state index contributed by atoms with van der Waals surface area (Å²) in [5.74, 6) is 1.12. The average Bonchev–Trinajstić information content (AvgIpc) is 2.77. The van der Waals surface area contributed by atoms with Crippen molar-refractivity contribution >= 4 is 16.9 Å². The van der Waals surface area contributed by atoms with Gasteiger partial charge in [0.15, 0.2) is 0 Å². The molecule has 1 aromatic heterocycles. The van der Waals surface area contributed by atoms with E-state index in [0.29, 0.717) is 11.5 Å². The maximum Gasteiger partial charge on any atom is 0.250 e. The highest BCUT2D eigenvalue weighted by atomic mass is 16.1. The van der Waals surface area contributed by atoms with Gasteiger partial charge < -0.3 is 15.2 Å². The minimum atomic E-state index is -0.413. The number of para-hydroxylation sites is 1. The van der Waals surface area contributed by atoms with Gasteiger partial charge in [0.2, 0.25) is 0 Å². The second-order valence-electron chi connectivity index (χ2n) is 5.64. The fourth-order valence-corrected chi connectivity index (χ4v) is 3.06. The van der Waals surface area contributed by atoms with Crippen molar-refractivity contribution in [3.8, 4) is 0 Å². The van der Waals surface area contributed by atoms with E-state index >= 15 is 0 Å². The fourth-order valence-electron chi connectivity index (χ4n) is 3.06. The van der Waals surface area contributed by atoms with Crippen LogP contribution in [0.3, 0.4) is 0 Å². The van der Waals surface area contributed by atoms with Crippen molar-refractivity contribution in [2.24, 2.45) is 12.8 Å². The summed E-state index contributed by atoms with van der Waals surface area (Å²) >= 11 is 0. The summed E-state index contributed by atoms with van der Waals surface area (Å²) in [5, 5.41) is 0. The first kappa shape index (κ1) is 13.1. The van der Waals surface area contributed by atoms with Gasteiger partial charge >= 0.3 is 0 Å². The molecule has 106 valence electrons. The smallest absolute Gasteiger partial charge is 0.250 e. The number of primary amides is 1. The van der Waals surface area contributed by atoms with Crippen molar-refractivity contribution in [3.05, 3.63) is 29.6 Å². The van der Waals surface area contributed by atoms with Gasteiger partial charge in [0.25, 0.3) is 5.91 Å². The van der Waals surface area contributed by atoms with Crippen molar-refractivity contribution in [2.75, 3.05) is 20.1 Å². The zero-order valence-corrected chi connectivity index (χ0v) is 12.0. The molecule has 0 aliphatic carbocycles. The third kappa shape index (κ3) is 2.08. The highest BCUT2D eigenvalue weighted by Crippen LogP contribution is 2.30. The van der Waals surface area contributed by atoms with Crippen LogP contribution in [0.5, 0.6) is 0 Å². The number of fused-ring (bicyclic) bond motifs is 1. The molecular weight excluding hydrogens is 252 g/mol. The number of hydrogen-bond acceptors (Lipinski definition) is 3. The zero-order chi connectivity index (χ0) is 14.3. The van der Waals surface area contributed by atoms with Crippen LogP contribution in [0.2, 0.25) is 0 Å². The number of nitrogens with two attached hydrogens (primary N) is 1. The Morgan fingerprint density at radius 1 is 1.30 bits per heavy atom. The molecule has 1 saturated heterocycles. The molecule has 2 aromatic rings. The van der Waals surface area contributed by atoms with Crippen molar-refractivity contribution in [1.82, 2.24) is 14.5 Å². The van der Waals surface area contributed by atoms with Crippen LogP contribution in [-0.4, -0.2) is 40.5 Å². The lowest BCUT2D eigenvalue weighted by molar-refractivity contribution is 0.100. The van der Waals surface area contributed by atoms with E-state index < -0.39 is 5.91 Å². The quantitative estimate of drug-likeness (QED) is 0.900. The van der Waals surface area contributed by atoms with E-state index in [4.69, 9.17) is 10.7 Å². The second kappa shape index (κ2) is 4.90. The summed E-state index contributed by atoms with van der Waals surface area (Å²) in [6.07, 6.45) is 2.22. The van der Waals surface area contributed by atoms with Gasteiger partial charge in [-0.05, 0) is 45.1 Å². The van der Waals surface area contributed by atoms with Crippen LogP contribution in [0, 0.1) is 0 Å². The Labute approximate surface area is 118 Å². The predicted octanol–water partition coefficient (Wildman–Crippen LogP) is 1.48. The van der Waals surface area contributed by atoms with Gasteiger partial charge in [0, 0.05) is 13.0 Å². The zero-order valence-electron chi connectivity index (χ0n) is 12.0. The first-order chi connectivity index (χ1) is 9.58. The van der Waals surface area contributed by atoms with E-state index in [-0.39, 0.29) is 0 Å². The Kier molecular flexibility index (Phi) is 3.22. The number of benzene rings is 1. The number of rotatable bonds is 2.